The number of rotatable bonds is 8. The third-order valence-electron chi connectivity index (χ3n) is 3.95. The van der Waals surface area contributed by atoms with Gasteiger partial charge < -0.3 is 19.5 Å². The number of ether oxygens (including phenoxy) is 3. The van der Waals surface area contributed by atoms with E-state index in [-0.39, 0.29) is 11.7 Å². The number of nitriles is 1. The van der Waals surface area contributed by atoms with Crippen LogP contribution in [-0.4, -0.2) is 38.9 Å². The van der Waals surface area contributed by atoms with Crippen LogP contribution in [0.15, 0.2) is 23.8 Å². The van der Waals surface area contributed by atoms with Crippen molar-refractivity contribution in [3.63, 3.8) is 0 Å². The number of carbonyl (C=O) groups is 1. The minimum Gasteiger partial charge on any atom is -0.493 e. The zero-order chi connectivity index (χ0) is 18.9. The lowest BCUT2D eigenvalue weighted by Gasteiger charge is -2.13. The Morgan fingerprint density at radius 2 is 2.27 bits per heavy atom. The van der Waals surface area contributed by atoms with Crippen LogP contribution in [0, 0.1) is 17.2 Å². The van der Waals surface area contributed by atoms with Crippen LogP contribution in [0.5, 0.6) is 11.5 Å². The Kier molecular flexibility index (Phi) is 7.49. The standard InChI is InChI=1S/C20H26N2O4/c1-14(2)13-26-19-10-15(6-7-18(19)24-3)9-16(11-21)20(23)22-12-17-5-4-8-25-17/h6-7,9-10,14,17H,4-5,8,12-13H2,1-3H3,(H,22,23)/b16-9+/t17-/m1/s1. The lowest BCUT2D eigenvalue weighted by atomic mass is 10.1. The van der Waals surface area contributed by atoms with Gasteiger partial charge in [0.25, 0.3) is 5.91 Å². The SMILES string of the molecule is COc1ccc(/C=C(\C#N)C(=O)NC[C@H]2CCCO2)cc1OCC(C)C. The molecule has 0 radical (unpaired) electrons. The molecule has 1 N–H and O–H groups in total. The highest BCUT2D eigenvalue weighted by molar-refractivity contribution is 6.01. The van der Waals surface area contributed by atoms with Crippen molar-refractivity contribution in [1.82, 2.24) is 5.32 Å². The van der Waals surface area contributed by atoms with Crippen LogP contribution in [0.3, 0.4) is 0 Å². The number of hydrogen-bond acceptors (Lipinski definition) is 5. The molecule has 0 spiro atoms. The van der Waals surface area contributed by atoms with Crippen LogP contribution in [-0.2, 0) is 9.53 Å². The van der Waals surface area contributed by atoms with Gasteiger partial charge in [0.1, 0.15) is 11.6 Å². The van der Waals surface area contributed by atoms with E-state index in [1.807, 2.05) is 6.07 Å². The van der Waals surface area contributed by atoms with Crippen molar-refractivity contribution < 1.29 is 19.0 Å². The average molecular weight is 358 g/mol. The molecule has 1 saturated heterocycles. The Bertz CT molecular complexity index is 686. The first-order chi connectivity index (χ1) is 12.5. The topological polar surface area (TPSA) is 80.6 Å². The van der Waals surface area contributed by atoms with Crippen molar-refractivity contribution in [3.8, 4) is 17.6 Å². The van der Waals surface area contributed by atoms with Gasteiger partial charge in [0, 0.05) is 13.2 Å². The summed E-state index contributed by atoms with van der Waals surface area (Å²) in [5.41, 5.74) is 0.747. The minimum atomic E-state index is -0.400. The quantitative estimate of drug-likeness (QED) is 0.571. The molecule has 26 heavy (non-hydrogen) atoms. The van der Waals surface area contributed by atoms with Gasteiger partial charge in [-0.25, -0.2) is 0 Å². The van der Waals surface area contributed by atoms with Crippen molar-refractivity contribution in [1.29, 1.82) is 5.26 Å². The van der Waals surface area contributed by atoms with Gasteiger partial charge in [0.2, 0.25) is 0 Å². The monoisotopic (exact) mass is 358 g/mol. The van der Waals surface area contributed by atoms with E-state index in [1.165, 1.54) is 0 Å². The molecule has 1 amide bonds. The summed E-state index contributed by atoms with van der Waals surface area (Å²) in [7, 11) is 1.58. The van der Waals surface area contributed by atoms with Gasteiger partial charge in [-0.15, -0.1) is 0 Å². The summed E-state index contributed by atoms with van der Waals surface area (Å²) >= 11 is 0. The summed E-state index contributed by atoms with van der Waals surface area (Å²) in [4.78, 5) is 12.2. The van der Waals surface area contributed by atoms with E-state index < -0.39 is 5.91 Å². The highest BCUT2D eigenvalue weighted by atomic mass is 16.5. The van der Waals surface area contributed by atoms with Gasteiger partial charge in [-0.3, -0.25) is 4.79 Å². The molecule has 2 rings (SSSR count). The van der Waals surface area contributed by atoms with Crippen LogP contribution in [0.1, 0.15) is 32.3 Å². The summed E-state index contributed by atoms with van der Waals surface area (Å²) in [5.74, 6) is 1.18. The fraction of sp³-hybridized carbons (Fsp3) is 0.500. The van der Waals surface area contributed by atoms with Gasteiger partial charge >= 0.3 is 0 Å². The van der Waals surface area contributed by atoms with Gasteiger partial charge in [-0.2, -0.15) is 5.26 Å². The average Bonchev–Trinajstić information content (AvgIpc) is 3.16. The molecule has 6 nitrogen and oxygen atoms in total. The Morgan fingerprint density at radius 3 is 2.88 bits per heavy atom. The Morgan fingerprint density at radius 1 is 1.46 bits per heavy atom. The molecule has 1 atom stereocenters. The van der Waals surface area contributed by atoms with E-state index >= 15 is 0 Å². The highest BCUT2D eigenvalue weighted by Gasteiger charge is 2.17. The molecule has 0 aliphatic carbocycles. The lowest BCUT2D eigenvalue weighted by Crippen LogP contribution is -2.32. The second kappa shape index (κ2) is 9.83. The normalized spacial score (nSPS) is 17.0. The maximum absolute atomic E-state index is 12.2. The van der Waals surface area contributed by atoms with E-state index in [1.54, 1.807) is 31.4 Å². The summed E-state index contributed by atoms with van der Waals surface area (Å²) in [5, 5.41) is 12.1. The van der Waals surface area contributed by atoms with Crippen LogP contribution >= 0.6 is 0 Å². The molecule has 0 bridgehead atoms. The molecular formula is C20H26N2O4. The number of amides is 1. The van der Waals surface area contributed by atoms with Crippen LogP contribution in [0.4, 0.5) is 0 Å². The fourth-order valence-corrected chi connectivity index (χ4v) is 2.57. The van der Waals surface area contributed by atoms with E-state index in [4.69, 9.17) is 14.2 Å². The number of methoxy groups -OCH3 is 1. The molecular weight excluding hydrogens is 332 g/mol. The van der Waals surface area contributed by atoms with Crippen molar-refractivity contribution in [2.75, 3.05) is 26.9 Å². The van der Waals surface area contributed by atoms with Crippen molar-refractivity contribution in [2.24, 2.45) is 5.92 Å². The Hall–Kier alpha value is -2.52. The van der Waals surface area contributed by atoms with Crippen molar-refractivity contribution in [3.05, 3.63) is 29.3 Å². The maximum Gasteiger partial charge on any atom is 0.262 e. The Labute approximate surface area is 154 Å². The van der Waals surface area contributed by atoms with Gasteiger partial charge in [0.05, 0.1) is 19.8 Å². The summed E-state index contributed by atoms with van der Waals surface area (Å²) < 4.78 is 16.5. The first kappa shape index (κ1) is 19.8. The van der Waals surface area contributed by atoms with Crippen LogP contribution < -0.4 is 14.8 Å². The smallest absolute Gasteiger partial charge is 0.262 e. The zero-order valence-corrected chi connectivity index (χ0v) is 15.6. The Balaban J connectivity index is 2.09. The lowest BCUT2D eigenvalue weighted by molar-refractivity contribution is -0.117. The van der Waals surface area contributed by atoms with E-state index in [0.29, 0.717) is 36.1 Å². The molecule has 1 aliphatic rings. The number of nitrogens with one attached hydrogen (secondary N) is 1. The molecule has 1 aliphatic heterocycles. The molecule has 1 heterocycles. The molecule has 0 aromatic heterocycles. The predicted octanol–water partition coefficient (Wildman–Crippen LogP) is 2.93. The molecule has 6 heteroatoms. The van der Waals surface area contributed by atoms with E-state index in [9.17, 15) is 10.1 Å². The molecule has 0 unspecified atom stereocenters. The number of hydrogen-bond donors (Lipinski definition) is 1. The number of carbonyl (C=O) groups excluding carboxylic acids is 1. The first-order valence-corrected chi connectivity index (χ1v) is 8.86. The van der Waals surface area contributed by atoms with Crippen molar-refractivity contribution >= 4 is 12.0 Å². The van der Waals surface area contributed by atoms with Gasteiger partial charge in [-0.05, 0) is 42.5 Å². The molecule has 1 aromatic carbocycles. The predicted molar refractivity (Wildman–Crippen MR) is 98.9 cm³/mol. The molecule has 1 aromatic rings. The molecule has 0 saturated carbocycles. The first-order valence-electron chi connectivity index (χ1n) is 8.86. The minimum absolute atomic E-state index is 0.0379. The van der Waals surface area contributed by atoms with Crippen molar-refractivity contribution in [2.45, 2.75) is 32.8 Å². The summed E-state index contributed by atoms with van der Waals surface area (Å²) in [6.45, 7) is 5.82. The second-order valence-corrected chi connectivity index (χ2v) is 6.63. The van der Waals surface area contributed by atoms with Crippen LogP contribution in [0.2, 0.25) is 0 Å². The highest BCUT2D eigenvalue weighted by Crippen LogP contribution is 2.29. The summed E-state index contributed by atoms with van der Waals surface area (Å²) in [6.07, 6.45) is 3.52. The third kappa shape index (κ3) is 5.78. The maximum atomic E-state index is 12.2. The second-order valence-electron chi connectivity index (χ2n) is 6.63. The number of benzene rings is 1. The van der Waals surface area contributed by atoms with E-state index in [0.717, 1.165) is 19.4 Å². The van der Waals surface area contributed by atoms with Gasteiger partial charge in [-0.1, -0.05) is 19.9 Å². The third-order valence-corrected chi connectivity index (χ3v) is 3.95. The fourth-order valence-electron chi connectivity index (χ4n) is 2.57. The molecule has 140 valence electrons. The zero-order valence-electron chi connectivity index (χ0n) is 15.6. The van der Waals surface area contributed by atoms with Crippen LogP contribution in [0.25, 0.3) is 6.08 Å². The number of nitrogens with zero attached hydrogens (tertiary/aromatic N) is 1. The largest absolute Gasteiger partial charge is 0.493 e. The van der Waals surface area contributed by atoms with E-state index in [2.05, 4.69) is 19.2 Å². The molecule has 1 fully saturated rings. The summed E-state index contributed by atoms with van der Waals surface area (Å²) in [6, 6.07) is 7.28. The van der Waals surface area contributed by atoms with Gasteiger partial charge in [0.15, 0.2) is 11.5 Å².